The SMILES string of the molecule is Cc1cc(C)cc(Cc2ncc3c(n2)CCCCC3=O)c1. The molecule has 1 heterocycles. The van der Waals surface area contributed by atoms with Gasteiger partial charge >= 0.3 is 0 Å². The minimum Gasteiger partial charge on any atom is -0.294 e. The molecular formula is C18H20N2O. The molecule has 0 spiro atoms. The number of ketones is 1. The maximum atomic E-state index is 12.0. The number of rotatable bonds is 2. The lowest BCUT2D eigenvalue weighted by Gasteiger charge is -2.08. The molecule has 2 aromatic rings. The van der Waals surface area contributed by atoms with Gasteiger partial charge in [0.25, 0.3) is 0 Å². The van der Waals surface area contributed by atoms with E-state index in [1.807, 2.05) is 0 Å². The van der Waals surface area contributed by atoms with Gasteiger partial charge in [0.1, 0.15) is 5.82 Å². The molecular weight excluding hydrogens is 260 g/mol. The summed E-state index contributed by atoms with van der Waals surface area (Å²) in [5.74, 6) is 1.01. The molecule has 0 saturated carbocycles. The van der Waals surface area contributed by atoms with E-state index in [1.165, 1.54) is 16.7 Å². The van der Waals surface area contributed by atoms with Gasteiger partial charge in [0.2, 0.25) is 0 Å². The number of Topliss-reactive ketones (excluding diaryl/α,β-unsaturated/α-hetero) is 1. The molecule has 0 unspecified atom stereocenters. The molecule has 0 fully saturated rings. The number of aryl methyl sites for hydroxylation is 3. The lowest BCUT2D eigenvalue weighted by Crippen LogP contribution is -2.07. The van der Waals surface area contributed by atoms with Crippen molar-refractivity contribution < 1.29 is 4.79 Å². The first kappa shape index (κ1) is 13.9. The van der Waals surface area contributed by atoms with Crippen LogP contribution in [0.3, 0.4) is 0 Å². The fraction of sp³-hybridized carbons (Fsp3) is 0.389. The van der Waals surface area contributed by atoms with Crippen molar-refractivity contribution in [2.24, 2.45) is 0 Å². The van der Waals surface area contributed by atoms with Crippen LogP contribution >= 0.6 is 0 Å². The molecule has 0 bridgehead atoms. The van der Waals surface area contributed by atoms with Crippen molar-refractivity contribution in [1.29, 1.82) is 0 Å². The smallest absolute Gasteiger partial charge is 0.166 e. The van der Waals surface area contributed by atoms with Crippen LogP contribution in [0, 0.1) is 13.8 Å². The van der Waals surface area contributed by atoms with Crippen LogP contribution < -0.4 is 0 Å². The molecule has 3 nitrogen and oxygen atoms in total. The number of aromatic nitrogens is 2. The van der Waals surface area contributed by atoms with E-state index in [9.17, 15) is 4.79 Å². The maximum absolute atomic E-state index is 12.0. The van der Waals surface area contributed by atoms with Crippen LogP contribution in [0.2, 0.25) is 0 Å². The fourth-order valence-electron chi connectivity index (χ4n) is 3.03. The summed E-state index contributed by atoms with van der Waals surface area (Å²) in [6.07, 6.45) is 5.98. The molecule has 3 heteroatoms. The molecule has 1 aromatic carbocycles. The quantitative estimate of drug-likeness (QED) is 0.789. The van der Waals surface area contributed by atoms with Crippen LogP contribution in [0.25, 0.3) is 0 Å². The van der Waals surface area contributed by atoms with Gasteiger partial charge in [0.05, 0.1) is 11.3 Å². The molecule has 1 aliphatic carbocycles. The van der Waals surface area contributed by atoms with Gasteiger partial charge in [-0.25, -0.2) is 9.97 Å². The first-order chi connectivity index (χ1) is 10.1. The van der Waals surface area contributed by atoms with Crippen LogP contribution in [0.5, 0.6) is 0 Å². The molecule has 0 N–H and O–H groups in total. The minimum atomic E-state index is 0.195. The summed E-state index contributed by atoms with van der Waals surface area (Å²) < 4.78 is 0. The van der Waals surface area contributed by atoms with Crippen LogP contribution in [-0.2, 0) is 12.8 Å². The van der Waals surface area contributed by atoms with Crippen molar-refractivity contribution >= 4 is 5.78 Å². The Hall–Kier alpha value is -2.03. The van der Waals surface area contributed by atoms with Crippen LogP contribution in [0.1, 0.15) is 57.8 Å². The Balaban J connectivity index is 1.90. The number of hydrogen-bond donors (Lipinski definition) is 0. The van der Waals surface area contributed by atoms with Gasteiger partial charge in [-0.15, -0.1) is 0 Å². The first-order valence-corrected chi connectivity index (χ1v) is 7.57. The van der Waals surface area contributed by atoms with Crippen molar-refractivity contribution in [2.75, 3.05) is 0 Å². The lowest BCUT2D eigenvalue weighted by molar-refractivity contribution is 0.0981. The zero-order valence-electron chi connectivity index (χ0n) is 12.6. The topological polar surface area (TPSA) is 42.9 Å². The summed E-state index contributed by atoms with van der Waals surface area (Å²) in [6.45, 7) is 4.21. The van der Waals surface area contributed by atoms with Crippen LogP contribution in [-0.4, -0.2) is 15.8 Å². The normalized spacial score (nSPS) is 14.7. The summed E-state index contributed by atoms with van der Waals surface area (Å²) >= 11 is 0. The maximum Gasteiger partial charge on any atom is 0.166 e. The summed E-state index contributed by atoms with van der Waals surface area (Å²) in [5.41, 5.74) is 5.42. The van der Waals surface area contributed by atoms with E-state index >= 15 is 0 Å². The third-order valence-electron chi connectivity index (χ3n) is 3.93. The standard InChI is InChI=1S/C18H20N2O/c1-12-7-13(2)9-14(8-12)10-18-19-11-15-16(20-18)5-3-4-6-17(15)21/h7-9,11H,3-6,10H2,1-2H3. The van der Waals surface area contributed by atoms with Gasteiger partial charge in [-0.05, 0) is 38.7 Å². The van der Waals surface area contributed by atoms with E-state index in [0.29, 0.717) is 6.42 Å². The molecule has 3 rings (SSSR count). The van der Waals surface area contributed by atoms with Gasteiger partial charge in [-0.2, -0.15) is 0 Å². The molecule has 0 amide bonds. The lowest BCUT2D eigenvalue weighted by atomic mass is 10.0. The van der Waals surface area contributed by atoms with E-state index in [-0.39, 0.29) is 5.78 Å². The molecule has 1 aromatic heterocycles. The van der Waals surface area contributed by atoms with Crippen molar-refractivity contribution in [3.63, 3.8) is 0 Å². The van der Waals surface area contributed by atoms with Gasteiger partial charge in [-0.3, -0.25) is 4.79 Å². The minimum absolute atomic E-state index is 0.195. The molecule has 0 radical (unpaired) electrons. The Bertz CT molecular complexity index is 671. The summed E-state index contributed by atoms with van der Waals surface area (Å²) in [7, 11) is 0. The van der Waals surface area contributed by atoms with Crippen molar-refractivity contribution in [1.82, 2.24) is 9.97 Å². The van der Waals surface area contributed by atoms with Crippen LogP contribution in [0.15, 0.2) is 24.4 Å². The molecule has 1 aliphatic rings. The van der Waals surface area contributed by atoms with E-state index in [1.54, 1.807) is 6.20 Å². The van der Waals surface area contributed by atoms with E-state index in [4.69, 9.17) is 0 Å². The average Bonchev–Trinajstić information content (AvgIpc) is 2.59. The molecule has 108 valence electrons. The molecule has 0 atom stereocenters. The van der Waals surface area contributed by atoms with Crippen molar-refractivity contribution in [3.05, 3.63) is 58.2 Å². The fourth-order valence-corrected chi connectivity index (χ4v) is 3.03. The van der Waals surface area contributed by atoms with Gasteiger partial charge in [0, 0.05) is 19.0 Å². The van der Waals surface area contributed by atoms with Gasteiger partial charge in [-0.1, -0.05) is 29.3 Å². The van der Waals surface area contributed by atoms with Gasteiger partial charge in [0.15, 0.2) is 5.78 Å². The van der Waals surface area contributed by atoms with Crippen LogP contribution in [0.4, 0.5) is 0 Å². The zero-order valence-corrected chi connectivity index (χ0v) is 12.6. The highest BCUT2D eigenvalue weighted by molar-refractivity contribution is 5.97. The Morgan fingerprint density at radius 1 is 1.05 bits per heavy atom. The highest BCUT2D eigenvalue weighted by Crippen LogP contribution is 2.19. The Labute approximate surface area is 125 Å². The number of carbonyl (C=O) groups is 1. The Morgan fingerprint density at radius 2 is 1.76 bits per heavy atom. The van der Waals surface area contributed by atoms with E-state index in [2.05, 4.69) is 42.0 Å². The number of carbonyl (C=O) groups excluding carboxylic acids is 1. The van der Waals surface area contributed by atoms with Gasteiger partial charge < -0.3 is 0 Å². The second-order valence-electron chi connectivity index (χ2n) is 5.95. The Morgan fingerprint density at radius 3 is 2.52 bits per heavy atom. The highest BCUT2D eigenvalue weighted by Gasteiger charge is 2.17. The predicted octanol–water partition coefficient (Wildman–Crippen LogP) is 3.59. The monoisotopic (exact) mass is 280 g/mol. The average molecular weight is 280 g/mol. The number of benzene rings is 1. The second kappa shape index (κ2) is 5.76. The third-order valence-corrected chi connectivity index (χ3v) is 3.93. The molecule has 0 aliphatic heterocycles. The number of fused-ring (bicyclic) bond motifs is 1. The molecule has 0 saturated heterocycles. The predicted molar refractivity (Wildman–Crippen MR) is 82.6 cm³/mol. The summed E-state index contributed by atoms with van der Waals surface area (Å²) in [4.78, 5) is 21.0. The first-order valence-electron chi connectivity index (χ1n) is 7.57. The Kier molecular flexibility index (Phi) is 3.82. The highest BCUT2D eigenvalue weighted by atomic mass is 16.1. The van der Waals surface area contributed by atoms with Crippen molar-refractivity contribution in [2.45, 2.75) is 46.0 Å². The van der Waals surface area contributed by atoms with Crippen molar-refractivity contribution in [3.8, 4) is 0 Å². The molecule has 21 heavy (non-hydrogen) atoms. The number of hydrogen-bond acceptors (Lipinski definition) is 3. The third kappa shape index (κ3) is 3.18. The largest absolute Gasteiger partial charge is 0.294 e. The number of nitrogens with zero attached hydrogens (tertiary/aromatic N) is 2. The van der Waals surface area contributed by atoms with E-state index in [0.717, 1.165) is 42.8 Å². The summed E-state index contributed by atoms with van der Waals surface area (Å²) in [5, 5.41) is 0. The second-order valence-corrected chi connectivity index (χ2v) is 5.95. The zero-order chi connectivity index (χ0) is 14.8. The van der Waals surface area contributed by atoms with E-state index < -0.39 is 0 Å². The summed E-state index contributed by atoms with van der Waals surface area (Å²) in [6, 6.07) is 6.51.